The molecule has 0 radical (unpaired) electrons. The van der Waals surface area contributed by atoms with Crippen LogP contribution in [0.4, 0.5) is 5.82 Å². The molecular formula is C13H19N5S. The molecule has 1 atom stereocenters. The van der Waals surface area contributed by atoms with Crippen LogP contribution >= 0.6 is 12.2 Å². The van der Waals surface area contributed by atoms with Crippen molar-refractivity contribution in [1.82, 2.24) is 14.9 Å². The van der Waals surface area contributed by atoms with Crippen molar-refractivity contribution in [3.05, 3.63) is 18.1 Å². The summed E-state index contributed by atoms with van der Waals surface area (Å²) in [6.07, 6.45) is 7.11. The molecule has 0 aliphatic carbocycles. The van der Waals surface area contributed by atoms with E-state index >= 15 is 0 Å². The van der Waals surface area contributed by atoms with Gasteiger partial charge in [-0.25, -0.2) is 9.97 Å². The van der Waals surface area contributed by atoms with Gasteiger partial charge in [0.15, 0.2) is 5.82 Å². The summed E-state index contributed by atoms with van der Waals surface area (Å²) in [5, 5.41) is 0. The first-order valence-electron chi connectivity index (χ1n) is 6.85. The topological polar surface area (TPSA) is 58.3 Å². The van der Waals surface area contributed by atoms with Crippen LogP contribution in [0, 0.1) is 0 Å². The predicted octanol–water partition coefficient (Wildman–Crippen LogP) is 0.785. The molecule has 0 saturated carbocycles. The maximum atomic E-state index is 5.76. The van der Waals surface area contributed by atoms with E-state index in [2.05, 4.69) is 19.8 Å². The van der Waals surface area contributed by atoms with Gasteiger partial charge >= 0.3 is 0 Å². The molecular weight excluding hydrogens is 258 g/mol. The van der Waals surface area contributed by atoms with E-state index in [1.165, 1.54) is 25.9 Å². The highest BCUT2D eigenvalue weighted by Crippen LogP contribution is 2.25. The van der Waals surface area contributed by atoms with Crippen molar-refractivity contribution in [3.8, 4) is 0 Å². The monoisotopic (exact) mass is 277 g/mol. The lowest BCUT2D eigenvalue weighted by atomic mass is 10.2. The molecule has 2 saturated heterocycles. The summed E-state index contributed by atoms with van der Waals surface area (Å²) in [7, 11) is 0. The first-order valence-corrected chi connectivity index (χ1v) is 7.26. The van der Waals surface area contributed by atoms with Crippen molar-refractivity contribution in [2.75, 3.05) is 31.1 Å². The second-order valence-corrected chi connectivity index (χ2v) is 5.66. The molecule has 1 unspecified atom stereocenters. The molecule has 102 valence electrons. The fourth-order valence-electron chi connectivity index (χ4n) is 3.13. The van der Waals surface area contributed by atoms with Gasteiger partial charge in [0.2, 0.25) is 0 Å². The number of fused-ring (bicyclic) bond motifs is 1. The average molecular weight is 277 g/mol. The van der Waals surface area contributed by atoms with Crippen LogP contribution in [0.3, 0.4) is 0 Å². The van der Waals surface area contributed by atoms with Crippen molar-refractivity contribution in [3.63, 3.8) is 0 Å². The van der Waals surface area contributed by atoms with Crippen LogP contribution in [-0.2, 0) is 0 Å². The summed E-state index contributed by atoms with van der Waals surface area (Å²) in [6.45, 7) is 4.43. The van der Waals surface area contributed by atoms with Gasteiger partial charge in [0.1, 0.15) is 10.7 Å². The number of anilines is 1. The van der Waals surface area contributed by atoms with Crippen molar-refractivity contribution >= 4 is 23.0 Å². The standard InChI is InChI=1S/C13H19N5S/c14-12(19)11-13(16-5-4-15-11)18-8-2-7-17-6-1-3-10(17)9-18/h4-5,10H,1-3,6-9H2,(H2,14,19). The summed E-state index contributed by atoms with van der Waals surface area (Å²) < 4.78 is 0. The first-order chi connectivity index (χ1) is 9.25. The highest BCUT2D eigenvalue weighted by atomic mass is 32.1. The van der Waals surface area contributed by atoms with Gasteiger partial charge in [-0.3, -0.25) is 4.90 Å². The SMILES string of the molecule is NC(=S)c1nccnc1N1CCCN2CCCC2C1. The third kappa shape index (κ3) is 2.55. The van der Waals surface area contributed by atoms with Crippen LogP contribution in [0.25, 0.3) is 0 Å². The molecule has 2 N–H and O–H groups in total. The Labute approximate surface area is 118 Å². The van der Waals surface area contributed by atoms with E-state index in [1.807, 2.05) is 0 Å². The Morgan fingerprint density at radius 1 is 1.21 bits per heavy atom. The zero-order valence-corrected chi connectivity index (χ0v) is 11.8. The van der Waals surface area contributed by atoms with Crippen LogP contribution in [0.1, 0.15) is 25.0 Å². The number of hydrogen-bond acceptors (Lipinski definition) is 5. The Morgan fingerprint density at radius 2 is 2.00 bits per heavy atom. The maximum absolute atomic E-state index is 5.76. The number of thiocarbonyl (C=S) groups is 1. The maximum Gasteiger partial charge on any atom is 0.157 e. The summed E-state index contributed by atoms with van der Waals surface area (Å²) >= 11 is 5.08. The number of rotatable bonds is 2. The second-order valence-electron chi connectivity index (χ2n) is 5.22. The van der Waals surface area contributed by atoms with E-state index in [1.54, 1.807) is 12.4 Å². The first kappa shape index (κ1) is 12.7. The van der Waals surface area contributed by atoms with Crippen molar-refractivity contribution < 1.29 is 0 Å². The molecule has 2 aliphatic rings. The van der Waals surface area contributed by atoms with Gasteiger partial charge in [-0.2, -0.15) is 0 Å². The quantitative estimate of drug-likeness (QED) is 0.807. The second kappa shape index (κ2) is 5.38. The molecule has 19 heavy (non-hydrogen) atoms. The zero-order valence-electron chi connectivity index (χ0n) is 11.0. The molecule has 3 rings (SSSR count). The smallest absolute Gasteiger partial charge is 0.157 e. The third-order valence-corrected chi connectivity index (χ3v) is 4.21. The van der Waals surface area contributed by atoms with Gasteiger partial charge < -0.3 is 10.6 Å². The average Bonchev–Trinajstić information content (AvgIpc) is 2.76. The van der Waals surface area contributed by atoms with Gasteiger partial charge in [0, 0.05) is 38.1 Å². The molecule has 0 spiro atoms. The third-order valence-electron chi connectivity index (χ3n) is 4.02. The fraction of sp³-hybridized carbons (Fsp3) is 0.615. The fourth-order valence-corrected chi connectivity index (χ4v) is 3.28. The van der Waals surface area contributed by atoms with E-state index in [4.69, 9.17) is 18.0 Å². The largest absolute Gasteiger partial charge is 0.388 e. The van der Waals surface area contributed by atoms with E-state index in [-0.39, 0.29) is 0 Å². The van der Waals surface area contributed by atoms with Crippen molar-refractivity contribution in [1.29, 1.82) is 0 Å². The van der Waals surface area contributed by atoms with Crippen LogP contribution in [0.2, 0.25) is 0 Å². The number of nitrogens with zero attached hydrogens (tertiary/aromatic N) is 4. The molecule has 1 aromatic rings. The Morgan fingerprint density at radius 3 is 2.84 bits per heavy atom. The van der Waals surface area contributed by atoms with Crippen LogP contribution in [0.15, 0.2) is 12.4 Å². The van der Waals surface area contributed by atoms with Gasteiger partial charge in [0.05, 0.1) is 0 Å². The molecule has 2 fully saturated rings. The number of aromatic nitrogens is 2. The highest BCUT2D eigenvalue weighted by Gasteiger charge is 2.30. The van der Waals surface area contributed by atoms with Gasteiger partial charge in [-0.15, -0.1) is 0 Å². The molecule has 0 aromatic carbocycles. The minimum absolute atomic E-state index is 0.329. The van der Waals surface area contributed by atoms with Crippen molar-refractivity contribution in [2.24, 2.45) is 5.73 Å². The van der Waals surface area contributed by atoms with E-state index < -0.39 is 0 Å². The molecule has 0 amide bonds. The molecule has 5 nitrogen and oxygen atoms in total. The number of nitrogens with two attached hydrogens (primary N) is 1. The molecule has 2 aliphatic heterocycles. The van der Waals surface area contributed by atoms with E-state index in [9.17, 15) is 0 Å². The summed E-state index contributed by atoms with van der Waals surface area (Å²) in [5.41, 5.74) is 6.42. The normalized spacial score (nSPS) is 24.0. The predicted molar refractivity (Wildman–Crippen MR) is 79.3 cm³/mol. The van der Waals surface area contributed by atoms with Crippen molar-refractivity contribution in [2.45, 2.75) is 25.3 Å². The molecule has 1 aromatic heterocycles. The van der Waals surface area contributed by atoms with Crippen LogP contribution in [-0.4, -0.2) is 52.1 Å². The molecule has 6 heteroatoms. The minimum atomic E-state index is 0.329. The summed E-state index contributed by atoms with van der Waals surface area (Å²) in [4.78, 5) is 14.0. The van der Waals surface area contributed by atoms with Gasteiger partial charge in [-0.05, 0) is 25.8 Å². The van der Waals surface area contributed by atoms with E-state index in [0.717, 1.165) is 25.3 Å². The van der Waals surface area contributed by atoms with Crippen LogP contribution < -0.4 is 10.6 Å². The lowest BCUT2D eigenvalue weighted by Crippen LogP contribution is -2.38. The summed E-state index contributed by atoms with van der Waals surface area (Å²) in [5.74, 6) is 0.851. The lowest BCUT2D eigenvalue weighted by Gasteiger charge is -2.27. The Balaban J connectivity index is 1.87. The number of hydrogen-bond donors (Lipinski definition) is 1. The Hall–Kier alpha value is -1.27. The lowest BCUT2D eigenvalue weighted by molar-refractivity contribution is 0.273. The highest BCUT2D eigenvalue weighted by molar-refractivity contribution is 7.80. The zero-order chi connectivity index (χ0) is 13.2. The summed E-state index contributed by atoms with van der Waals surface area (Å²) in [6, 6.07) is 0.642. The van der Waals surface area contributed by atoms with Gasteiger partial charge in [0.25, 0.3) is 0 Å². The Kier molecular flexibility index (Phi) is 3.61. The van der Waals surface area contributed by atoms with Crippen LogP contribution in [0.5, 0.6) is 0 Å². The van der Waals surface area contributed by atoms with E-state index in [0.29, 0.717) is 16.7 Å². The minimum Gasteiger partial charge on any atom is -0.388 e. The molecule has 0 bridgehead atoms. The Bertz CT molecular complexity index is 478. The molecule has 3 heterocycles. The van der Waals surface area contributed by atoms with Gasteiger partial charge in [-0.1, -0.05) is 12.2 Å².